The lowest BCUT2D eigenvalue weighted by Gasteiger charge is -2.38. The van der Waals surface area contributed by atoms with Crippen molar-refractivity contribution in [3.05, 3.63) is 60.2 Å². The number of carbonyl (C=O) groups is 1. The number of halogens is 2. The predicted molar refractivity (Wildman–Crippen MR) is 94.6 cm³/mol. The second-order valence-corrected chi connectivity index (χ2v) is 6.63. The van der Waals surface area contributed by atoms with Crippen LogP contribution in [-0.2, 0) is 4.79 Å². The van der Waals surface area contributed by atoms with Gasteiger partial charge in [-0.25, -0.2) is 8.78 Å². The van der Waals surface area contributed by atoms with Gasteiger partial charge >= 0.3 is 0 Å². The summed E-state index contributed by atoms with van der Waals surface area (Å²) in [5.74, 6) is -0.156. The summed E-state index contributed by atoms with van der Waals surface area (Å²) in [4.78, 5) is 13.9. The fraction of sp³-hybridized carbons (Fsp3) is 0.350. The maximum atomic E-state index is 12.9. The van der Waals surface area contributed by atoms with Crippen LogP contribution in [0.1, 0.15) is 12.8 Å². The number of piperidine rings is 1. The fourth-order valence-corrected chi connectivity index (χ4v) is 2.96. The van der Waals surface area contributed by atoms with Crippen LogP contribution < -0.4 is 9.47 Å². The zero-order chi connectivity index (χ0) is 19.3. The molecule has 1 heterocycles. The quantitative estimate of drug-likeness (QED) is 0.841. The lowest BCUT2D eigenvalue weighted by atomic mass is 9.93. The molecule has 1 atom stereocenters. The molecule has 2 aromatic rings. The minimum absolute atomic E-state index is 0.00122. The van der Waals surface area contributed by atoms with E-state index in [-0.39, 0.29) is 37.3 Å². The van der Waals surface area contributed by atoms with Gasteiger partial charge in [0, 0.05) is 6.54 Å². The molecule has 0 spiro atoms. The molecule has 0 aliphatic carbocycles. The second kappa shape index (κ2) is 8.35. The number of benzene rings is 2. The smallest absolute Gasteiger partial charge is 0.260 e. The van der Waals surface area contributed by atoms with Crippen LogP contribution in [0.3, 0.4) is 0 Å². The third-order valence-electron chi connectivity index (χ3n) is 4.41. The zero-order valence-electron chi connectivity index (χ0n) is 14.7. The Morgan fingerprint density at radius 1 is 1.00 bits per heavy atom. The van der Waals surface area contributed by atoms with Crippen LogP contribution in [-0.4, -0.2) is 47.8 Å². The summed E-state index contributed by atoms with van der Waals surface area (Å²) in [6, 6.07) is 10.9. The van der Waals surface area contributed by atoms with Crippen molar-refractivity contribution in [1.82, 2.24) is 4.90 Å². The Bertz CT molecular complexity index is 767. The summed E-state index contributed by atoms with van der Waals surface area (Å²) in [5, 5.41) is 10.7. The molecule has 1 aliphatic heterocycles. The van der Waals surface area contributed by atoms with E-state index in [0.717, 1.165) is 0 Å². The molecule has 0 radical (unpaired) electrons. The van der Waals surface area contributed by atoms with E-state index < -0.39 is 5.60 Å². The van der Waals surface area contributed by atoms with Crippen molar-refractivity contribution in [3.8, 4) is 11.5 Å². The number of β-amino-alcohol motifs (C(OH)–C–C–N with tert-alkyl or cyclic N) is 1. The largest absolute Gasteiger partial charge is 0.491 e. The summed E-state index contributed by atoms with van der Waals surface area (Å²) in [5.41, 5.74) is -1.18. The molecule has 3 rings (SSSR count). The molecule has 1 N–H and O–H groups in total. The van der Waals surface area contributed by atoms with E-state index in [2.05, 4.69) is 0 Å². The van der Waals surface area contributed by atoms with Crippen molar-refractivity contribution in [2.75, 3.05) is 26.3 Å². The van der Waals surface area contributed by atoms with Gasteiger partial charge in [0.05, 0.1) is 6.54 Å². The molecule has 0 bridgehead atoms. The van der Waals surface area contributed by atoms with Gasteiger partial charge < -0.3 is 19.5 Å². The third kappa shape index (κ3) is 5.40. The molecule has 0 saturated carbocycles. The van der Waals surface area contributed by atoms with Crippen LogP contribution in [0.15, 0.2) is 48.5 Å². The molecule has 144 valence electrons. The number of hydrogen-bond donors (Lipinski definition) is 1. The number of aliphatic hydroxyl groups is 1. The van der Waals surface area contributed by atoms with Crippen LogP contribution in [0.2, 0.25) is 0 Å². The van der Waals surface area contributed by atoms with E-state index in [1.165, 1.54) is 53.4 Å². The standard InChI is InChI=1S/C20H21F2NO4/c21-15-2-6-17(7-3-15)26-12-19(24)23-11-1-10-20(25,13-23)14-27-18-8-4-16(22)5-9-18/h2-9,25H,1,10-14H2. The van der Waals surface area contributed by atoms with Gasteiger partial charge in [-0.1, -0.05) is 0 Å². The Morgan fingerprint density at radius 2 is 1.56 bits per heavy atom. The Hall–Kier alpha value is -2.67. The van der Waals surface area contributed by atoms with Gasteiger partial charge in [-0.05, 0) is 61.4 Å². The van der Waals surface area contributed by atoms with E-state index in [1.807, 2.05) is 0 Å². The average molecular weight is 377 g/mol. The van der Waals surface area contributed by atoms with Crippen molar-refractivity contribution in [1.29, 1.82) is 0 Å². The number of rotatable bonds is 6. The molecule has 1 unspecified atom stereocenters. The average Bonchev–Trinajstić information content (AvgIpc) is 2.67. The van der Waals surface area contributed by atoms with E-state index in [0.29, 0.717) is 30.9 Å². The Balaban J connectivity index is 1.51. The van der Waals surface area contributed by atoms with Gasteiger partial charge in [0.1, 0.15) is 35.3 Å². The molecular weight excluding hydrogens is 356 g/mol. The number of ether oxygens (including phenoxy) is 2. The van der Waals surface area contributed by atoms with Gasteiger partial charge in [0.15, 0.2) is 6.61 Å². The molecule has 7 heteroatoms. The fourth-order valence-electron chi connectivity index (χ4n) is 2.96. The lowest BCUT2D eigenvalue weighted by molar-refractivity contribution is -0.142. The molecule has 27 heavy (non-hydrogen) atoms. The van der Waals surface area contributed by atoms with E-state index in [1.54, 1.807) is 0 Å². The van der Waals surface area contributed by atoms with E-state index in [4.69, 9.17) is 9.47 Å². The third-order valence-corrected chi connectivity index (χ3v) is 4.41. The van der Waals surface area contributed by atoms with Gasteiger partial charge in [0.2, 0.25) is 0 Å². The summed E-state index contributed by atoms with van der Waals surface area (Å²) in [6.07, 6.45) is 1.13. The van der Waals surface area contributed by atoms with Crippen LogP contribution >= 0.6 is 0 Å². The molecular formula is C20H21F2NO4. The van der Waals surface area contributed by atoms with Gasteiger partial charge in [-0.2, -0.15) is 0 Å². The first-order chi connectivity index (χ1) is 12.9. The monoisotopic (exact) mass is 377 g/mol. The second-order valence-electron chi connectivity index (χ2n) is 6.63. The first-order valence-electron chi connectivity index (χ1n) is 8.70. The minimum Gasteiger partial charge on any atom is -0.491 e. The molecule has 1 amide bonds. The summed E-state index contributed by atoms with van der Waals surface area (Å²) >= 11 is 0. The molecule has 1 fully saturated rings. The summed E-state index contributed by atoms with van der Waals surface area (Å²) in [7, 11) is 0. The van der Waals surface area contributed by atoms with Crippen LogP contribution in [0.4, 0.5) is 8.78 Å². The van der Waals surface area contributed by atoms with Gasteiger partial charge in [-0.3, -0.25) is 4.79 Å². The molecule has 1 aliphatic rings. The van der Waals surface area contributed by atoms with Crippen molar-refractivity contribution in [3.63, 3.8) is 0 Å². The van der Waals surface area contributed by atoms with Crippen molar-refractivity contribution < 1.29 is 28.2 Å². The maximum absolute atomic E-state index is 12.9. The van der Waals surface area contributed by atoms with Gasteiger partial charge in [-0.15, -0.1) is 0 Å². The van der Waals surface area contributed by atoms with E-state index in [9.17, 15) is 18.7 Å². The van der Waals surface area contributed by atoms with Crippen molar-refractivity contribution in [2.24, 2.45) is 0 Å². The SMILES string of the molecule is O=C(COc1ccc(F)cc1)N1CCCC(O)(COc2ccc(F)cc2)C1. The Kier molecular flexibility index (Phi) is 5.91. The first-order valence-corrected chi connectivity index (χ1v) is 8.70. The Labute approximate surface area is 156 Å². The van der Waals surface area contributed by atoms with Crippen LogP contribution in [0, 0.1) is 11.6 Å². The predicted octanol–water partition coefficient (Wildman–Crippen LogP) is 2.78. The van der Waals surface area contributed by atoms with E-state index >= 15 is 0 Å². The van der Waals surface area contributed by atoms with Crippen molar-refractivity contribution >= 4 is 5.91 Å². The number of hydrogen-bond acceptors (Lipinski definition) is 4. The maximum Gasteiger partial charge on any atom is 0.260 e. The van der Waals surface area contributed by atoms with Crippen LogP contribution in [0.5, 0.6) is 11.5 Å². The normalized spacial score (nSPS) is 19.6. The molecule has 2 aromatic carbocycles. The number of likely N-dealkylation sites (tertiary alicyclic amines) is 1. The summed E-state index contributed by atoms with van der Waals surface area (Å²) < 4.78 is 36.7. The minimum atomic E-state index is -1.18. The number of carbonyl (C=O) groups excluding carboxylic acids is 1. The highest BCUT2D eigenvalue weighted by Gasteiger charge is 2.36. The molecule has 5 nitrogen and oxygen atoms in total. The molecule has 1 saturated heterocycles. The van der Waals surface area contributed by atoms with Gasteiger partial charge in [0.25, 0.3) is 5.91 Å². The lowest BCUT2D eigenvalue weighted by Crippen LogP contribution is -2.54. The highest BCUT2D eigenvalue weighted by Crippen LogP contribution is 2.23. The number of nitrogens with zero attached hydrogens (tertiary/aromatic N) is 1. The highest BCUT2D eigenvalue weighted by molar-refractivity contribution is 5.78. The topological polar surface area (TPSA) is 59.0 Å². The summed E-state index contributed by atoms with van der Waals surface area (Å²) in [6.45, 7) is 0.450. The number of amides is 1. The van der Waals surface area contributed by atoms with Crippen LogP contribution in [0.25, 0.3) is 0 Å². The Morgan fingerprint density at radius 3 is 2.15 bits per heavy atom. The van der Waals surface area contributed by atoms with Crippen molar-refractivity contribution in [2.45, 2.75) is 18.4 Å². The molecule has 0 aromatic heterocycles. The first kappa shape index (κ1) is 19.1. The zero-order valence-corrected chi connectivity index (χ0v) is 14.7. The highest BCUT2D eigenvalue weighted by atomic mass is 19.1.